The van der Waals surface area contributed by atoms with Gasteiger partial charge < -0.3 is 10.4 Å². The number of carbonyl (C=O) groups excluding carboxylic acids is 1. The molecule has 0 heterocycles. The molecule has 2 N–H and O–H groups in total. The number of benzene rings is 1. The summed E-state index contributed by atoms with van der Waals surface area (Å²) in [5.74, 6) is -1.89. The first-order valence-electron chi connectivity index (χ1n) is 6.66. The largest absolute Gasteiger partial charge is 0.480 e. The zero-order valence-electron chi connectivity index (χ0n) is 12.0. The van der Waals surface area contributed by atoms with Crippen molar-refractivity contribution in [3.05, 3.63) is 39.4 Å². The molecule has 1 atom stereocenters. The quantitative estimate of drug-likeness (QED) is 0.592. The van der Waals surface area contributed by atoms with Gasteiger partial charge in [-0.2, -0.15) is 0 Å². The van der Waals surface area contributed by atoms with Crippen LogP contribution in [-0.4, -0.2) is 27.9 Å². The van der Waals surface area contributed by atoms with Crippen molar-refractivity contribution in [3.63, 3.8) is 0 Å². The number of aryl methyl sites for hydroxylation is 1. The molecule has 0 saturated heterocycles. The lowest BCUT2D eigenvalue weighted by Gasteiger charge is -2.14. The average molecular weight is 294 g/mol. The maximum atomic E-state index is 12.1. The van der Waals surface area contributed by atoms with Crippen LogP contribution in [0.2, 0.25) is 0 Å². The van der Waals surface area contributed by atoms with Gasteiger partial charge in [0.25, 0.3) is 11.6 Å². The number of hydrogen-bond donors (Lipinski definition) is 2. The molecule has 0 aliphatic carbocycles. The second-order valence-corrected chi connectivity index (χ2v) is 4.73. The smallest absolute Gasteiger partial charge is 0.326 e. The Balaban J connectivity index is 3.00. The molecule has 0 aliphatic heterocycles. The van der Waals surface area contributed by atoms with Crippen molar-refractivity contribution in [3.8, 4) is 0 Å². The zero-order chi connectivity index (χ0) is 16.0. The van der Waals surface area contributed by atoms with Gasteiger partial charge in [-0.3, -0.25) is 14.9 Å². The Morgan fingerprint density at radius 1 is 1.43 bits per heavy atom. The summed E-state index contributed by atoms with van der Waals surface area (Å²) in [7, 11) is 0. The Morgan fingerprint density at radius 3 is 2.62 bits per heavy atom. The SMILES string of the molecule is CCCC[C@H](NC(=O)c1cccc(C)c1[N+](=O)[O-])C(=O)O. The minimum Gasteiger partial charge on any atom is -0.480 e. The van der Waals surface area contributed by atoms with E-state index in [1.165, 1.54) is 25.1 Å². The third-order valence-corrected chi connectivity index (χ3v) is 3.11. The monoisotopic (exact) mass is 294 g/mol. The van der Waals surface area contributed by atoms with Crippen LogP contribution in [0, 0.1) is 17.0 Å². The van der Waals surface area contributed by atoms with E-state index in [0.29, 0.717) is 12.0 Å². The Kier molecular flexibility index (Phi) is 5.83. The lowest BCUT2D eigenvalue weighted by molar-refractivity contribution is -0.385. The molecule has 7 nitrogen and oxygen atoms in total. The van der Waals surface area contributed by atoms with Crippen molar-refractivity contribution in [2.45, 2.75) is 39.2 Å². The predicted octanol–water partition coefficient (Wildman–Crippen LogP) is 2.28. The van der Waals surface area contributed by atoms with Crippen molar-refractivity contribution >= 4 is 17.6 Å². The van der Waals surface area contributed by atoms with E-state index in [0.717, 1.165) is 6.42 Å². The van der Waals surface area contributed by atoms with Crippen LogP contribution in [0.1, 0.15) is 42.1 Å². The molecule has 114 valence electrons. The minimum absolute atomic E-state index is 0.122. The molecule has 1 aromatic rings. The fraction of sp³-hybridized carbons (Fsp3) is 0.429. The first kappa shape index (κ1) is 16.6. The lowest BCUT2D eigenvalue weighted by atomic mass is 10.1. The van der Waals surface area contributed by atoms with Crippen molar-refractivity contribution in [1.82, 2.24) is 5.32 Å². The number of unbranched alkanes of at least 4 members (excludes halogenated alkanes) is 1. The molecule has 0 spiro atoms. The van der Waals surface area contributed by atoms with Gasteiger partial charge in [0.15, 0.2) is 0 Å². The molecule has 0 aliphatic rings. The molecular weight excluding hydrogens is 276 g/mol. The van der Waals surface area contributed by atoms with E-state index in [-0.39, 0.29) is 17.7 Å². The van der Waals surface area contributed by atoms with E-state index in [9.17, 15) is 19.7 Å². The van der Waals surface area contributed by atoms with Gasteiger partial charge in [-0.25, -0.2) is 4.79 Å². The molecular formula is C14H18N2O5. The summed E-state index contributed by atoms with van der Waals surface area (Å²) in [5, 5.41) is 22.5. The normalized spacial score (nSPS) is 11.7. The van der Waals surface area contributed by atoms with Gasteiger partial charge in [0.2, 0.25) is 0 Å². The Labute approximate surface area is 122 Å². The molecule has 0 bridgehead atoms. The number of nitro groups is 1. The first-order valence-corrected chi connectivity index (χ1v) is 6.66. The van der Waals surface area contributed by atoms with Crippen LogP contribution in [0.5, 0.6) is 0 Å². The van der Waals surface area contributed by atoms with E-state index in [1.807, 2.05) is 6.92 Å². The highest BCUT2D eigenvalue weighted by molar-refractivity contribution is 6.00. The molecule has 0 saturated carbocycles. The maximum Gasteiger partial charge on any atom is 0.326 e. The lowest BCUT2D eigenvalue weighted by Crippen LogP contribution is -2.41. The number of carboxylic acid groups (broad SMARTS) is 1. The first-order chi connectivity index (χ1) is 9.88. The van der Waals surface area contributed by atoms with E-state index in [2.05, 4.69) is 5.32 Å². The number of amides is 1. The summed E-state index contributed by atoms with van der Waals surface area (Å²) < 4.78 is 0. The number of aliphatic carboxylic acids is 1. The van der Waals surface area contributed by atoms with Gasteiger partial charge in [0.05, 0.1) is 4.92 Å². The van der Waals surface area contributed by atoms with E-state index in [1.54, 1.807) is 0 Å². The molecule has 1 amide bonds. The molecule has 1 rings (SSSR count). The van der Waals surface area contributed by atoms with E-state index in [4.69, 9.17) is 5.11 Å². The number of nitrogens with one attached hydrogen (secondary N) is 1. The molecule has 1 aromatic carbocycles. The molecule has 0 fully saturated rings. The highest BCUT2D eigenvalue weighted by atomic mass is 16.6. The molecule has 0 radical (unpaired) electrons. The summed E-state index contributed by atoms with van der Waals surface area (Å²) in [5.41, 5.74) is -0.0644. The Bertz CT molecular complexity index is 556. The van der Waals surface area contributed by atoms with E-state index >= 15 is 0 Å². The summed E-state index contributed by atoms with van der Waals surface area (Å²) in [4.78, 5) is 33.6. The minimum atomic E-state index is -1.15. The highest BCUT2D eigenvalue weighted by Gasteiger charge is 2.26. The van der Waals surface area contributed by atoms with Crippen LogP contribution in [0.25, 0.3) is 0 Å². The van der Waals surface area contributed by atoms with Crippen LogP contribution < -0.4 is 5.32 Å². The molecule has 21 heavy (non-hydrogen) atoms. The Morgan fingerprint density at radius 2 is 2.10 bits per heavy atom. The van der Waals surface area contributed by atoms with Gasteiger partial charge in [0, 0.05) is 5.56 Å². The second kappa shape index (κ2) is 7.37. The molecule has 0 aromatic heterocycles. The van der Waals surface area contributed by atoms with Crippen molar-refractivity contribution in [2.24, 2.45) is 0 Å². The summed E-state index contributed by atoms with van der Waals surface area (Å²) >= 11 is 0. The third kappa shape index (κ3) is 4.27. The number of nitro benzene ring substituents is 1. The number of rotatable bonds is 7. The Hall–Kier alpha value is -2.44. The standard InChI is InChI=1S/C14H18N2O5/c1-3-4-8-11(14(18)19)15-13(17)10-7-5-6-9(2)12(10)16(20)21/h5-7,11H,3-4,8H2,1-2H3,(H,15,17)(H,18,19)/t11-/m0/s1. The van der Waals surface area contributed by atoms with Crippen LogP contribution in [0.3, 0.4) is 0 Å². The molecule has 7 heteroatoms. The topological polar surface area (TPSA) is 110 Å². The second-order valence-electron chi connectivity index (χ2n) is 4.73. The highest BCUT2D eigenvalue weighted by Crippen LogP contribution is 2.23. The van der Waals surface area contributed by atoms with Crippen LogP contribution >= 0.6 is 0 Å². The summed E-state index contributed by atoms with van der Waals surface area (Å²) in [6, 6.07) is 3.33. The summed E-state index contributed by atoms with van der Waals surface area (Å²) in [6.45, 7) is 3.44. The average Bonchev–Trinajstić information content (AvgIpc) is 2.42. The van der Waals surface area contributed by atoms with Crippen LogP contribution in [-0.2, 0) is 4.79 Å². The van der Waals surface area contributed by atoms with Crippen LogP contribution in [0.4, 0.5) is 5.69 Å². The van der Waals surface area contributed by atoms with Gasteiger partial charge in [-0.15, -0.1) is 0 Å². The number of nitrogens with zero attached hydrogens (tertiary/aromatic N) is 1. The zero-order valence-corrected chi connectivity index (χ0v) is 12.0. The summed E-state index contributed by atoms with van der Waals surface area (Å²) in [6.07, 6.45) is 1.73. The van der Waals surface area contributed by atoms with Crippen molar-refractivity contribution in [2.75, 3.05) is 0 Å². The number of carbonyl (C=O) groups is 2. The van der Waals surface area contributed by atoms with Gasteiger partial charge in [-0.05, 0) is 19.4 Å². The fourth-order valence-corrected chi connectivity index (χ4v) is 1.99. The van der Waals surface area contributed by atoms with Crippen molar-refractivity contribution in [1.29, 1.82) is 0 Å². The third-order valence-electron chi connectivity index (χ3n) is 3.11. The number of carboxylic acids is 1. The number of para-hydroxylation sites is 1. The van der Waals surface area contributed by atoms with Crippen LogP contribution in [0.15, 0.2) is 18.2 Å². The number of hydrogen-bond acceptors (Lipinski definition) is 4. The fourth-order valence-electron chi connectivity index (χ4n) is 1.99. The van der Waals surface area contributed by atoms with Crippen molar-refractivity contribution < 1.29 is 19.6 Å². The maximum absolute atomic E-state index is 12.1. The predicted molar refractivity (Wildman–Crippen MR) is 76.2 cm³/mol. The van der Waals surface area contributed by atoms with Gasteiger partial charge in [0.1, 0.15) is 11.6 Å². The van der Waals surface area contributed by atoms with Gasteiger partial charge >= 0.3 is 5.97 Å². The molecule has 0 unspecified atom stereocenters. The van der Waals surface area contributed by atoms with E-state index < -0.39 is 22.8 Å². The van der Waals surface area contributed by atoms with Gasteiger partial charge in [-0.1, -0.05) is 31.9 Å².